The van der Waals surface area contributed by atoms with E-state index in [1.807, 2.05) is 38.1 Å². The Morgan fingerprint density at radius 2 is 1.77 bits per heavy atom. The summed E-state index contributed by atoms with van der Waals surface area (Å²) >= 11 is 0. The largest absolute Gasteiger partial charge is 0.326 e. The van der Waals surface area contributed by atoms with Crippen LogP contribution in [0.2, 0.25) is 0 Å². The van der Waals surface area contributed by atoms with E-state index in [0.29, 0.717) is 17.8 Å². The minimum Gasteiger partial charge on any atom is -0.308 e. The number of carbonyl (C=O) groups is 2. The zero-order valence-corrected chi connectivity index (χ0v) is 13.1. The SMILES string of the molecule is CCN(C(=O)Nc1ccc(C(C)=O)cc1)c1cccc(C)c1. The monoisotopic (exact) mass is 296 g/mol. The maximum atomic E-state index is 12.4. The third-order valence-electron chi connectivity index (χ3n) is 3.42. The number of carbonyl (C=O) groups excluding carboxylic acids is 2. The second kappa shape index (κ2) is 6.89. The van der Waals surface area contributed by atoms with Crippen LogP contribution in [-0.4, -0.2) is 18.4 Å². The van der Waals surface area contributed by atoms with Crippen LogP contribution in [-0.2, 0) is 0 Å². The van der Waals surface area contributed by atoms with E-state index in [1.165, 1.54) is 6.92 Å². The van der Waals surface area contributed by atoms with Crippen molar-refractivity contribution >= 4 is 23.2 Å². The lowest BCUT2D eigenvalue weighted by Crippen LogP contribution is -2.34. The summed E-state index contributed by atoms with van der Waals surface area (Å²) < 4.78 is 0. The van der Waals surface area contributed by atoms with Crippen molar-refractivity contribution in [1.29, 1.82) is 0 Å². The average Bonchev–Trinajstić information content (AvgIpc) is 2.48. The van der Waals surface area contributed by atoms with E-state index in [2.05, 4.69) is 5.32 Å². The second-order valence-corrected chi connectivity index (χ2v) is 5.15. The lowest BCUT2D eigenvalue weighted by molar-refractivity contribution is 0.101. The summed E-state index contributed by atoms with van der Waals surface area (Å²) in [5, 5.41) is 2.85. The molecule has 1 N–H and O–H groups in total. The number of amides is 2. The molecule has 0 aliphatic heterocycles. The van der Waals surface area contributed by atoms with E-state index >= 15 is 0 Å². The Bertz CT molecular complexity index is 678. The maximum Gasteiger partial charge on any atom is 0.326 e. The highest BCUT2D eigenvalue weighted by Crippen LogP contribution is 2.18. The molecule has 4 heteroatoms. The molecule has 0 spiro atoms. The smallest absolute Gasteiger partial charge is 0.308 e. The fourth-order valence-corrected chi connectivity index (χ4v) is 2.22. The van der Waals surface area contributed by atoms with Gasteiger partial charge in [-0.1, -0.05) is 12.1 Å². The molecule has 2 aromatic rings. The Hall–Kier alpha value is -2.62. The highest BCUT2D eigenvalue weighted by molar-refractivity contribution is 6.02. The van der Waals surface area contributed by atoms with Crippen LogP contribution >= 0.6 is 0 Å². The predicted octanol–water partition coefficient (Wildman–Crippen LogP) is 4.26. The molecule has 2 aromatic carbocycles. The first-order chi connectivity index (χ1) is 10.5. The van der Waals surface area contributed by atoms with Gasteiger partial charge in [0.05, 0.1) is 0 Å². The van der Waals surface area contributed by atoms with Crippen LogP contribution in [0.1, 0.15) is 29.8 Å². The van der Waals surface area contributed by atoms with Gasteiger partial charge in [0.25, 0.3) is 0 Å². The summed E-state index contributed by atoms with van der Waals surface area (Å²) in [6.45, 7) is 6.02. The molecule has 0 aromatic heterocycles. The zero-order valence-electron chi connectivity index (χ0n) is 13.1. The number of Topliss-reactive ketones (excluding diaryl/α,β-unsaturated/α-hetero) is 1. The Kier molecular flexibility index (Phi) is 4.94. The molecule has 0 aliphatic carbocycles. The van der Waals surface area contributed by atoms with E-state index in [9.17, 15) is 9.59 Å². The van der Waals surface area contributed by atoms with Crippen LogP contribution in [0, 0.1) is 6.92 Å². The lowest BCUT2D eigenvalue weighted by atomic mass is 10.1. The number of hydrogen-bond acceptors (Lipinski definition) is 2. The molecule has 0 saturated heterocycles. The maximum absolute atomic E-state index is 12.4. The van der Waals surface area contributed by atoms with E-state index in [4.69, 9.17) is 0 Å². The predicted molar refractivity (Wildman–Crippen MR) is 89.7 cm³/mol. The van der Waals surface area contributed by atoms with Gasteiger partial charge in [0, 0.05) is 23.5 Å². The minimum absolute atomic E-state index is 0.00724. The number of urea groups is 1. The quantitative estimate of drug-likeness (QED) is 0.857. The van der Waals surface area contributed by atoms with Crippen LogP contribution in [0.4, 0.5) is 16.2 Å². The van der Waals surface area contributed by atoms with Crippen molar-refractivity contribution in [3.05, 3.63) is 59.7 Å². The third kappa shape index (κ3) is 3.73. The molecule has 0 atom stereocenters. The second-order valence-electron chi connectivity index (χ2n) is 5.15. The van der Waals surface area contributed by atoms with Crippen LogP contribution < -0.4 is 10.2 Å². The molecular weight excluding hydrogens is 276 g/mol. The van der Waals surface area contributed by atoms with Crippen LogP contribution in [0.5, 0.6) is 0 Å². The van der Waals surface area contributed by atoms with Gasteiger partial charge in [0.1, 0.15) is 0 Å². The highest BCUT2D eigenvalue weighted by Gasteiger charge is 2.14. The molecule has 0 bridgehead atoms. The molecular formula is C18H20N2O2. The van der Waals surface area contributed by atoms with Gasteiger partial charge in [-0.25, -0.2) is 4.79 Å². The molecule has 0 unspecified atom stereocenters. The van der Waals surface area contributed by atoms with Gasteiger partial charge < -0.3 is 5.32 Å². The topological polar surface area (TPSA) is 49.4 Å². The first-order valence-corrected chi connectivity index (χ1v) is 7.27. The summed E-state index contributed by atoms with van der Waals surface area (Å²) in [5.41, 5.74) is 3.26. The Morgan fingerprint density at radius 3 is 2.32 bits per heavy atom. The summed E-state index contributed by atoms with van der Waals surface area (Å²) in [7, 11) is 0. The number of rotatable bonds is 4. The van der Waals surface area contributed by atoms with Gasteiger partial charge in [0.15, 0.2) is 5.78 Å². The van der Waals surface area contributed by atoms with Crippen molar-refractivity contribution in [3.63, 3.8) is 0 Å². The number of benzene rings is 2. The van der Waals surface area contributed by atoms with Crippen molar-refractivity contribution < 1.29 is 9.59 Å². The van der Waals surface area contributed by atoms with Crippen LogP contribution in [0.25, 0.3) is 0 Å². The standard InChI is InChI=1S/C18H20N2O2/c1-4-20(17-7-5-6-13(2)12-17)18(22)19-16-10-8-15(9-11-16)14(3)21/h5-12H,4H2,1-3H3,(H,19,22). The van der Waals surface area contributed by atoms with Crippen LogP contribution in [0.15, 0.2) is 48.5 Å². The molecule has 0 fully saturated rings. The summed E-state index contributed by atoms with van der Waals surface area (Å²) in [5.74, 6) is 0.00724. The van der Waals surface area contributed by atoms with Gasteiger partial charge in [-0.2, -0.15) is 0 Å². The van der Waals surface area contributed by atoms with Gasteiger partial charge in [0.2, 0.25) is 0 Å². The molecule has 22 heavy (non-hydrogen) atoms. The Morgan fingerprint density at radius 1 is 1.09 bits per heavy atom. The van der Waals surface area contributed by atoms with Crippen molar-refractivity contribution in [2.75, 3.05) is 16.8 Å². The van der Waals surface area contributed by atoms with Crippen LogP contribution in [0.3, 0.4) is 0 Å². The van der Waals surface area contributed by atoms with Crippen molar-refractivity contribution in [2.45, 2.75) is 20.8 Å². The number of hydrogen-bond donors (Lipinski definition) is 1. The normalized spacial score (nSPS) is 10.1. The summed E-state index contributed by atoms with van der Waals surface area (Å²) in [6.07, 6.45) is 0. The van der Waals surface area contributed by atoms with E-state index < -0.39 is 0 Å². The first kappa shape index (κ1) is 15.8. The van der Waals surface area contributed by atoms with E-state index in [0.717, 1.165) is 11.3 Å². The molecule has 2 amide bonds. The average molecular weight is 296 g/mol. The number of anilines is 2. The van der Waals surface area contributed by atoms with Crippen molar-refractivity contribution in [3.8, 4) is 0 Å². The molecule has 0 saturated carbocycles. The molecule has 4 nitrogen and oxygen atoms in total. The first-order valence-electron chi connectivity index (χ1n) is 7.27. The highest BCUT2D eigenvalue weighted by atomic mass is 16.2. The van der Waals surface area contributed by atoms with E-state index in [-0.39, 0.29) is 11.8 Å². The van der Waals surface area contributed by atoms with Crippen molar-refractivity contribution in [2.24, 2.45) is 0 Å². The zero-order chi connectivity index (χ0) is 16.1. The lowest BCUT2D eigenvalue weighted by Gasteiger charge is -2.22. The number of nitrogens with one attached hydrogen (secondary N) is 1. The fourth-order valence-electron chi connectivity index (χ4n) is 2.22. The number of nitrogens with zero attached hydrogens (tertiary/aromatic N) is 1. The van der Waals surface area contributed by atoms with Gasteiger partial charge >= 0.3 is 6.03 Å². The van der Waals surface area contributed by atoms with Crippen molar-refractivity contribution in [1.82, 2.24) is 0 Å². The molecule has 114 valence electrons. The summed E-state index contributed by atoms with van der Waals surface area (Å²) in [4.78, 5) is 25.3. The number of aryl methyl sites for hydroxylation is 1. The molecule has 0 radical (unpaired) electrons. The fraction of sp³-hybridized carbons (Fsp3) is 0.222. The summed E-state index contributed by atoms with van der Waals surface area (Å²) in [6, 6.07) is 14.5. The van der Waals surface area contributed by atoms with Gasteiger partial charge in [-0.05, 0) is 62.7 Å². The Balaban J connectivity index is 2.14. The minimum atomic E-state index is -0.191. The Labute approximate surface area is 130 Å². The molecule has 0 heterocycles. The molecule has 0 aliphatic rings. The third-order valence-corrected chi connectivity index (χ3v) is 3.42. The van der Waals surface area contributed by atoms with E-state index in [1.54, 1.807) is 29.2 Å². The van der Waals surface area contributed by atoms with Gasteiger partial charge in [-0.3, -0.25) is 9.69 Å². The molecule has 2 rings (SSSR count). The number of ketones is 1. The van der Waals surface area contributed by atoms with Gasteiger partial charge in [-0.15, -0.1) is 0 Å².